The molecule has 1 fully saturated rings. The highest BCUT2D eigenvalue weighted by molar-refractivity contribution is 7.99. The minimum absolute atomic E-state index is 0.0861. The fourth-order valence-corrected chi connectivity index (χ4v) is 3.89. The van der Waals surface area contributed by atoms with Crippen LogP contribution in [0.25, 0.3) is 5.69 Å². The van der Waals surface area contributed by atoms with Crippen LogP contribution in [0.1, 0.15) is 5.82 Å². The Morgan fingerprint density at radius 3 is 2.41 bits per heavy atom. The van der Waals surface area contributed by atoms with Crippen LogP contribution < -0.4 is 4.74 Å². The van der Waals surface area contributed by atoms with E-state index in [-0.39, 0.29) is 12.5 Å². The second kappa shape index (κ2) is 9.58. The van der Waals surface area contributed by atoms with Crippen molar-refractivity contribution in [3.63, 3.8) is 0 Å². The molecule has 29 heavy (non-hydrogen) atoms. The van der Waals surface area contributed by atoms with E-state index in [4.69, 9.17) is 9.47 Å². The highest BCUT2D eigenvalue weighted by atomic mass is 32.2. The fraction of sp³-hybridized carbons (Fsp3) is 0.286. The van der Waals surface area contributed by atoms with E-state index in [1.54, 1.807) is 0 Å². The molecule has 0 bridgehead atoms. The van der Waals surface area contributed by atoms with Crippen LogP contribution in [-0.2, 0) is 16.1 Å². The van der Waals surface area contributed by atoms with Gasteiger partial charge in [0.25, 0.3) is 0 Å². The van der Waals surface area contributed by atoms with Crippen LogP contribution in [0.2, 0.25) is 0 Å². The number of para-hydroxylation sites is 2. The van der Waals surface area contributed by atoms with Gasteiger partial charge in [0.15, 0.2) is 11.0 Å². The zero-order chi connectivity index (χ0) is 19.9. The van der Waals surface area contributed by atoms with Crippen molar-refractivity contribution in [1.82, 2.24) is 19.7 Å². The molecule has 1 amide bonds. The Kier molecular flexibility index (Phi) is 6.43. The number of hydrogen-bond acceptors (Lipinski definition) is 6. The van der Waals surface area contributed by atoms with Gasteiger partial charge in [0.1, 0.15) is 12.4 Å². The highest BCUT2D eigenvalue weighted by Gasteiger charge is 2.20. The van der Waals surface area contributed by atoms with Crippen molar-refractivity contribution >= 4 is 17.7 Å². The number of carbonyl (C=O) groups excluding carboxylic acids is 1. The molecule has 3 aromatic rings. The lowest BCUT2D eigenvalue weighted by atomic mass is 10.3. The molecular formula is C21H22N4O3S. The zero-order valence-electron chi connectivity index (χ0n) is 15.9. The molecule has 0 atom stereocenters. The first-order valence-corrected chi connectivity index (χ1v) is 10.5. The summed E-state index contributed by atoms with van der Waals surface area (Å²) in [4.78, 5) is 14.3. The summed E-state index contributed by atoms with van der Waals surface area (Å²) in [5.74, 6) is 1.85. The second-order valence-corrected chi connectivity index (χ2v) is 7.40. The van der Waals surface area contributed by atoms with Gasteiger partial charge in [-0.05, 0) is 24.3 Å². The van der Waals surface area contributed by atoms with Gasteiger partial charge in [0.2, 0.25) is 5.91 Å². The smallest absolute Gasteiger partial charge is 0.233 e. The molecule has 0 aliphatic carbocycles. The Morgan fingerprint density at radius 2 is 1.69 bits per heavy atom. The fourth-order valence-electron chi connectivity index (χ4n) is 3.02. The van der Waals surface area contributed by atoms with E-state index in [0.717, 1.165) is 11.4 Å². The third-order valence-electron chi connectivity index (χ3n) is 4.51. The van der Waals surface area contributed by atoms with Gasteiger partial charge in [-0.3, -0.25) is 9.36 Å². The number of carbonyl (C=O) groups is 1. The molecule has 0 N–H and O–H groups in total. The van der Waals surface area contributed by atoms with Gasteiger partial charge in [-0.2, -0.15) is 0 Å². The Labute approximate surface area is 173 Å². The summed E-state index contributed by atoms with van der Waals surface area (Å²) in [6.45, 7) is 2.75. The molecule has 8 heteroatoms. The first kappa shape index (κ1) is 19.5. The molecule has 1 saturated heterocycles. The van der Waals surface area contributed by atoms with Crippen LogP contribution in [0.4, 0.5) is 0 Å². The standard InChI is InChI=1S/C21H22N4O3S/c26-20(24-11-13-27-14-12-24)16-29-21-23-22-19(15-28-18-9-5-2-6-10-18)25(21)17-7-3-1-4-8-17/h1-10H,11-16H2. The molecule has 0 spiro atoms. The molecule has 1 aliphatic heterocycles. The molecule has 2 aromatic carbocycles. The summed E-state index contributed by atoms with van der Waals surface area (Å²) in [7, 11) is 0. The van der Waals surface area contributed by atoms with E-state index in [1.165, 1.54) is 11.8 Å². The maximum absolute atomic E-state index is 12.5. The third kappa shape index (κ3) is 4.96. The van der Waals surface area contributed by atoms with E-state index in [2.05, 4.69) is 10.2 Å². The molecule has 0 unspecified atom stereocenters. The molecule has 7 nitrogen and oxygen atoms in total. The van der Waals surface area contributed by atoms with Crippen LogP contribution in [0.5, 0.6) is 5.75 Å². The first-order valence-electron chi connectivity index (χ1n) is 9.47. The maximum atomic E-state index is 12.5. The number of thioether (sulfide) groups is 1. The van der Waals surface area contributed by atoms with Gasteiger partial charge in [0.05, 0.1) is 19.0 Å². The van der Waals surface area contributed by atoms with Crippen LogP contribution in [-0.4, -0.2) is 57.6 Å². The van der Waals surface area contributed by atoms with Crippen LogP contribution in [0.15, 0.2) is 65.8 Å². The summed E-state index contributed by atoms with van der Waals surface area (Å²) in [6, 6.07) is 19.5. The minimum atomic E-state index is 0.0861. The number of amides is 1. The quantitative estimate of drug-likeness (QED) is 0.558. The Balaban J connectivity index is 1.50. The van der Waals surface area contributed by atoms with Gasteiger partial charge in [-0.1, -0.05) is 48.2 Å². The van der Waals surface area contributed by atoms with Crippen molar-refractivity contribution in [2.45, 2.75) is 11.8 Å². The highest BCUT2D eigenvalue weighted by Crippen LogP contribution is 2.23. The molecule has 1 aliphatic rings. The number of rotatable bonds is 7. The second-order valence-electron chi connectivity index (χ2n) is 6.45. The number of hydrogen-bond donors (Lipinski definition) is 0. The van der Waals surface area contributed by atoms with Crippen LogP contribution in [0, 0.1) is 0 Å². The van der Waals surface area contributed by atoms with Crippen molar-refractivity contribution in [3.05, 3.63) is 66.5 Å². The van der Waals surface area contributed by atoms with E-state index in [9.17, 15) is 4.79 Å². The van der Waals surface area contributed by atoms with Crippen molar-refractivity contribution in [2.75, 3.05) is 32.1 Å². The lowest BCUT2D eigenvalue weighted by Gasteiger charge is -2.26. The molecule has 150 valence electrons. The minimum Gasteiger partial charge on any atom is -0.486 e. The predicted molar refractivity (Wildman–Crippen MR) is 110 cm³/mol. The van der Waals surface area contributed by atoms with E-state index in [0.29, 0.717) is 43.0 Å². The van der Waals surface area contributed by atoms with Gasteiger partial charge in [-0.15, -0.1) is 10.2 Å². The summed E-state index contributed by atoms with van der Waals surface area (Å²) < 4.78 is 13.1. The van der Waals surface area contributed by atoms with Crippen molar-refractivity contribution in [2.24, 2.45) is 0 Å². The number of aromatic nitrogens is 3. The summed E-state index contributed by atoms with van der Waals surface area (Å²) in [5.41, 5.74) is 0.936. The van der Waals surface area contributed by atoms with Gasteiger partial charge < -0.3 is 14.4 Å². The third-order valence-corrected chi connectivity index (χ3v) is 5.43. The Hall–Kier alpha value is -2.84. The van der Waals surface area contributed by atoms with E-state index in [1.807, 2.05) is 70.1 Å². The first-order chi connectivity index (χ1) is 14.3. The summed E-state index contributed by atoms with van der Waals surface area (Å²) in [6.07, 6.45) is 0. The van der Waals surface area contributed by atoms with Crippen LogP contribution >= 0.6 is 11.8 Å². The maximum Gasteiger partial charge on any atom is 0.233 e. The van der Waals surface area contributed by atoms with Crippen LogP contribution in [0.3, 0.4) is 0 Å². The lowest BCUT2D eigenvalue weighted by Crippen LogP contribution is -2.41. The average Bonchev–Trinajstić information content (AvgIpc) is 3.20. The number of nitrogens with zero attached hydrogens (tertiary/aromatic N) is 4. The number of morpholine rings is 1. The molecule has 0 radical (unpaired) electrons. The summed E-state index contributed by atoms with van der Waals surface area (Å²) >= 11 is 1.39. The van der Waals surface area contributed by atoms with Gasteiger partial charge in [-0.25, -0.2) is 0 Å². The molecule has 1 aromatic heterocycles. The average molecular weight is 410 g/mol. The zero-order valence-corrected chi connectivity index (χ0v) is 16.8. The predicted octanol–water partition coefficient (Wildman–Crippen LogP) is 2.80. The van der Waals surface area contributed by atoms with Crippen molar-refractivity contribution in [3.8, 4) is 11.4 Å². The molecule has 0 saturated carbocycles. The largest absolute Gasteiger partial charge is 0.486 e. The van der Waals surface area contributed by atoms with E-state index < -0.39 is 0 Å². The normalized spacial score (nSPS) is 14.0. The Morgan fingerprint density at radius 1 is 1.00 bits per heavy atom. The lowest BCUT2D eigenvalue weighted by molar-refractivity contribution is -0.132. The number of benzene rings is 2. The van der Waals surface area contributed by atoms with Gasteiger partial charge >= 0.3 is 0 Å². The van der Waals surface area contributed by atoms with E-state index >= 15 is 0 Å². The monoisotopic (exact) mass is 410 g/mol. The van der Waals surface area contributed by atoms with Crippen molar-refractivity contribution in [1.29, 1.82) is 0 Å². The van der Waals surface area contributed by atoms with Gasteiger partial charge in [0, 0.05) is 18.8 Å². The topological polar surface area (TPSA) is 69.5 Å². The molecule has 4 rings (SSSR count). The van der Waals surface area contributed by atoms with Crippen molar-refractivity contribution < 1.29 is 14.3 Å². The Bertz CT molecular complexity index is 928. The molecule has 2 heterocycles. The number of ether oxygens (including phenoxy) is 2. The summed E-state index contributed by atoms with van der Waals surface area (Å²) in [5, 5.41) is 9.31. The SMILES string of the molecule is O=C(CSc1nnc(COc2ccccc2)n1-c1ccccc1)N1CCOCC1. The molecular weight excluding hydrogens is 388 g/mol.